The van der Waals surface area contributed by atoms with E-state index in [1.165, 1.54) is 0 Å². The lowest BCUT2D eigenvalue weighted by Gasteiger charge is -2.13. The van der Waals surface area contributed by atoms with Crippen molar-refractivity contribution in [1.29, 1.82) is 0 Å². The monoisotopic (exact) mass is 783 g/mol. The van der Waals surface area contributed by atoms with Gasteiger partial charge in [0, 0.05) is 71.7 Å². The summed E-state index contributed by atoms with van der Waals surface area (Å²) >= 11 is 13.9. The van der Waals surface area contributed by atoms with E-state index in [0.29, 0.717) is 54.5 Å². The second kappa shape index (κ2) is 17.2. The van der Waals surface area contributed by atoms with Crippen LogP contribution >= 0.6 is 23.2 Å². The van der Waals surface area contributed by atoms with Gasteiger partial charge in [-0.15, -0.1) is 0 Å². The molecular weight excluding hydrogens is 745 g/mol. The maximum Gasteiger partial charge on any atom is 0.156 e. The van der Waals surface area contributed by atoms with Crippen LogP contribution in [-0.4, -0.2) is 56.1 Å². The zero-order chi connectivity index (χ0) is 38.3. The van der Waals surface area contributed by atoms with Gasteiger partial charge in [0.25, 0.3) is 0 Å². The second-order valence-electron chi connectivity index (χ2n) is 13.1. The number of hydrogen-bond donors (Lipinski definition) is 6. The van der Waals surface area contributed by atoms with Gasteiger partial charge < -0.3 is 30.4 Å². The Balaban J connectivity index is 0.879. The Labute approximate surface area is 333 Å². The van der Waals surface area contributed by atoms with Crippen LogP contribution in [0.15, 0.2) is 128 Å². The highest BCUT2D eigenvalue weighted by molar-refractivity contribution is 6.36. The molecule has 0 saturated carbocycles. The average molecular weight is 785 g/mol. The summed E-state index contributed by atoms with van der Waals surface area (Å²) in [4.78, 5) is 9.18. The zero-order valence-corrected chi connectivity index (χ0v) is 31.8. The van der Waals surface area contributed by atoms with E-state index in [0.717, 1.165) is 66.9 Å². The van der Waals surface area contributed by atoms with Crippen molar-refractivity contribution in [2.75, 3.05) is 36.9 Å². The maximum absolute atomic E-state index is 9.10. The number of fused-ring (bicyclic) bond motifs is 2. The van der Waals surface area contributed by atoms with Gasteiger partial charge in [-0.25, -0.2) is 9.97 Å². The molecule has 13 heteroatoms. The second-order valence-corrected chi connectivity index (χ2v) is 13.8. The minimum Gasteiger partial charge on any atom is -0.492 e. The van der Waals surface area contributed by atoms with Crippen molar-refractivity contribution in [1.82, 2.24) is 35.4 Å². The number of aliphatic hydroxyl groups is 1. The fourth-order valence-electron chi connectivity index (χ4n) is 6.60. The standard InChI is InChI=1S/C43H39Cl2N9O2/c44-39-32(28-7-2-1-3-8-28)11-5-13-36(39)50-42-35-26-54(25-30(35)15-17-48-42)27-47-20-22-56-31-10-4-9-29(23-31)33-12-6-14-37(40(33)45)51-43-41-34(16-18-49-43)38(52-53-41)24-46-19-21-55/h1-18,23,25-26,46-47,55H,19-22,24,27H2,(H,48,50)(H,49,51)(H,52,53). The molecule has 0 aliphatic carbocycles. The molecule has 0 unspecified atom stereocenters. The number of H-pyrrole nitrogens is 1. The number of halogens is 2. The molecule has 56 heavy (non-hydrogen) atoms. The molecule has 0 aliphatic rings. The number of nitrogens with zero attached hydrogens (tertiary/aromatic N) is 4. The van der Waals surface area contributed by atoms with Gasteiger partial charge in [-0.05, 0) is 47.5 Å². The van der Waals surface area contributed by atoms with E-state index in [1.807, 2.05) is 91.0 Å². The Kier molecular flexibility index (Phi) is 11.4. The fourth-order valence-corrected chi connectivity index (χ4v) is 7.17. The topological polar surface area (TPSA) is 137 Å². The van der Waals surface area contributed by atoms with Gasteiger partial charge in [0.1, 0.15) is 23.7 Å². The molecule has 8 rings (SSSR count). The van der Waals surface area contributed by atoms with Crippen molar-refractivity contribution >= 4 is 67.9 Å². The Morgan fingerprint density at radius 2 is 1.41 bits per heavy atom. The number of pyridine rings is 2. The number of hydrogen-bond acceptors (Lipinski definition) is 9. The third kappa shape index (κ3) is 8.18. The molecule has 282 valence electrons. The summed E-state index contributed by atoms with van der Waals surface area (Å²) in [6.07, 6.45) is 7.70. The van der Waals surface area contributed by atoms with E-state index in [-0.39, 0.29) is 6.61 Å². The van der Waals surface area contributed by atoms with Gasteiger partial charge in [-0.2, -0.15) is 5.10 Å². The van der Waals surface area contributed by atoms with Gasteiger partial charge in [0.2, 0.25) is 0 Å². The highest BCUT2D eigenvalue weighted by Crippen LogP contribution is 2.38. The summed E-state index contributed by atoms with van der Waals surface area (Å²) in [5, 5.41) is 34.3. The van der Waals surface area contributed by atoms with E-state index in [9.17, 15) is 0 Å². The molecule has 0 fully saturated rings. The van der Waals surface area contributed by atoms with Crippen LogP contribution in [-0.2, 0) is 13.2 Å². The number of ether oxygens (including phenoxy) is 1. The number of anilines is 4. The fraction of sp³-hybridized carbons (Fsp3) is 0.140. The lowest BCUT2D eigenvalue weighted by Crippen LogP contribution is -2.23. The molecule has 0 aliphatic heterocycles. The number of rotatable bonds is 16. The smallest absolute Gasteiger partial charge is 0.156 e. The largest absolute Gasteiger partial charge is 0.492 e. The molecule has 0 radical (unpaired) electrons. The SMILES string of the molecule is OCCNCc1n[nH]c2c(Nc3cccc(-c4cccc(OCCNCn5cc6ccnc(Nc7cccc(-c8ccccc8)c7Cl)c6c5)c4)c3Cl)nccc12. The first-order valence-corrected chi connectivity index (χ1v) is 19.0. The molecule has 6 N–H and O–H groups in total. The first-order chi connectivity index (χ1) is 27.6. The Morgan fingerprint density at radius 1 is 0.696 bits per heavy atom. The van der Waals surface area contributed by atoms with Crippen LogP contribution in [0.25, 0.3) is 43.9 Å². The molecule has 8 aromatic rings. The molecule has 4 heterocycles. The summed E-state index contributed by atoms with van der Waals surface area (Å²) in [7, 11) is 0. The number of nitrogens with one attached hydrogen (secondary N) is 5. The zero-order valence-electron chi connectivity index (χ0n) is 30.3. The third-order valence-electron chi connectivity index (χ3n) is 9.34. The number of aromatic nitrogens is 5. The first-order valence-electron chi connectivity index (χ1n) is 18.2. The van der Waals surface area contributed by atoms with Crippen LogP contribution in [0.4, 0.5) is 23.0 Å². The van der Waals surface area contributed by atoms with Crippen LogP contribution < -0.4 is 26.0 Å². The van der Waals surface area contributed by atoms with E-state index in [4.69, 9.17) is 33.0 Å². The molecule has 0 amide bonds. The van der Waals surface area contributed by atoms with Crippen molar-refractivity contribution in [3.8, 4) is 28.0 Å². The van der Waals surface area contributed by atoms with Crippen LogP contribution in [0.3, 0.4) is 0 Å². The normalized spacial score (nSPS) is 11.3. The highest BCUT2D eigenvalue weighted by atomic mass is 35.5. The van der Waals surface area contributed by atoms with Crippen LogP contribution in [0.2, 0.25) is 10.0 Å². The average Bonchev–Trinajstić information content (AvgIpc) is 3.85. The minimum atomic E-state index is 0.0626. The van der Waals surface area contributed by atoms with E-state index in [1.54, 1.807) is 12.4 Å². The lowest BCUT2D eigenvalue weighted by atomic mass is 10.0. The van der Waals surface area contributed by atoms with Crippen molar-refractivity contribution in [3.05, 3.63) is 144 Å². The van der Waals surface area contributed by atoms with E-state index >= 15 is 0 Å². The molecule has 0 saturated heterocycles. The number of benzene rings is 4. The summed E-state index contributed by atoms with van der Waals surface area (Å²) in [6, 6.07) is 33.8. The van der Waals surface area contributed by atoms with Crippen LogP contribution in [0.1, 0.15) is 5.69 Å². The Morgan fingerprint density at radius 3 is 2.21 bits per heavy atom. The highest BCUT2D eigenvalue weighted by Gasteiger charge is 2.15. The minimum absolute atomic E-state index is 0.0626. The molecule has 4 aromatic carbocycles. The molecule has 0 spiro atoms. The third-order valence-corrected chi connectivity index (χ3v) is 10.2. The molecular formula is C43H39Cl2N9O2. The Bertz CT molecular complexity index is 2590. The molecule has 0 atom stereocenters. The summed E-state index contributed by atoms with van der Waals surface area (Å²) in [6.45, 7) is 2.78. The van der Waals surface area contributed by atoms with Gasteiger partial charge in [-0.1, -0.05) is 89.9 Å². The predicted molar refractivity (Wildman–Crippen MR) is 226 cm³/mol. The van der Waals surface area contributed by atoms with E-state index < -0.39 is 0 Å². The predicted octanol–water partition coefficient (Wildman–Crippen LogP) is 9.14. The van der Waals surface area contributed by atoms with E-state index in [2.05, 4.69) is 70.5 Å². The summed E-state index contributed by atoms with van der Waals surface area (Å²) in [5.74, 6) is 2.10. The van der Waals surface area contributed by atoms with Crippen LogP contribution in [0, 0.1) is 0 Å². The van der Waals surface area contributed by atoms with Crippen molar-refractivity contribution in [2.24, 2.45) is 0 Å². The Hall–Kier alpha value is -5.95. The van der Waals surface area contributed by atoms with Gasteiger partial charge >= 0.3 is 0 Å². The van der Waals surface area contributed by atoms with Crippen molar-refractivity contribution < 1.29 is 9.84 Å². The van der Waals surface area contributed by atoms with Gasteiger partial charge in [0.15, 0.2) is 5.82 Å². The van der Waals surface area contributed by atoms with Crippen LogP contribution in [0.5, 0.6) is 5.75 Å². The van der Waals surface area contributed by atoms with Gasteiger partial charge in [0.05, 0.1) is 40.4 Å². The summed E-state index contributed by atoms with van der Waals surface area (Å²) < 4.78 is 8.25. The maximum atomic E-state index is 9.10. The van der Waals surface area contributed by atoms with Crippen molar-refractivity contribution in [2.45, 2.75) is 13.2 Å². The lowest BCUT2D eigenvalue weighted by molar-refractivity contribution is 0.292. The summed E-state index contributed by atoms with van der Waals surface area (Å²) in [5.41, 5.74) is 6.94. The first kappa shape index (κ1) is 37.0. The molecule has 4 aromatic heterocycles. The number of aliphatic hydroxyl groups excluding tert-OH is 1. The van der Waals surface area contributed by atoms with Crippen molar-refractivity contribution in [3.63, 3.8) is 0 Å². The quantitative estimate of drug-likeness (QED) is 0.0530. The molecule has 11 nitrogen and oxygen atoms in total. The number of aromatic amines is 1. The molecule has 0 bridgehead atoms. The van der Waals surface area contributed by atoms with Gasteiger partial charge in [-0.3, -0.25) is 10.4 Å².